The second kappa shape index (κ2) is 6.16. The van der Waals surface area contributed by atoms with Crippen LogP contribution in [0.1, 0.15) is 5.56 Å². The molecule has 5 nitrogen and oxygen atoms in total. The van der Waals surface area contributed by atoms with Crippen molar-refractivity contribution in [3.05, 3.63) is 59.8 Å². The number of amides is 1. The van der Waals surface area contributed by atoms with Gasteiger partial charge >= 0.3 is 0 Å². The third-order valence-corrected chi connectivity index (χ3v) is 2.51. The Morgan fingerprint density at radius 1 is 1.25 bits per heavy atom. The number of aromatic nitrogens is 1. The zero-order valence-corrected chi connectivity index (χ0v) is 10.4. The highest BCUT2D eigenvalue weighted by Crippen LogP contribution is 2.19. The SMILES string of the molecule is N#C/C(=C\c1ccccc1O)C(=O)Nc1ccccn1. The number of carbonyl (C=O) groups is 1. The molecule has 2 rings (SSSR count). The maximum Gasteiger partial charge on any atom is 0.267 e. The fourth-order valence-electron chi connectivity index (χ4n) is 1.53. The van der Waals surface area contributed by atoms with E-state index in [2.05, 4.69) is 10.3 Å². The lowest BCUT2D eigenvalue weighted by molar-refractivity contribution is -0.112. The molecule has 98 valence electrons. The van der Waals surface area contributed by atoms with Gasteiger partial charge in [0.25, 0.3) is 5.91 Å². The lowest BCUT2D eigenvalue weighted by Gasteiger charge is -2.03. The normalized spacial score (nSPS) is 10.7. The molecular formula is C15H11N3O2. The van der Waals surface area contributed by atoms with E-state index in [1.54, 1.807) is 36.4 Å². The van der Waals surface area contributed by atoms with Crippen molar-refractivity contribution >= 4 is 17.8 Å². The highest BCUT2D eigenvalue weighted by Gasteiger charge is 2.10. The first-order valence-corrected chi connectivity index (χ1v) is 5.83. The third-order valence-electron chi connectivity index (χ3n) is 2.51. The zero-order chi connectivity index (χ0) is 14.4. The van der Waals surface area contributed by atoms with Crippen LogP contribution in [0.5, 0.6) is 5.75 Å². The number of hydrogen-bond acceptors (Lipinski definition) is 4. The van der Waals surface area contributed by atoms with Gasteiger partial charge in [0, 0.05) is 11.8 Å². The molecule has 0 aliphatic rings. The van der Waals surface area contributed by atoms with Crippen molar-refractivity contribution in [3.63, 3.8) is 0 Å². The predicted molar refractivity (Wildman–Crippen MR) is 74.6 cm³/mol. The molecule has 1 aromatic heterocycles. The van der Waals surface area contributed by atoms with Crippen LogP contribution in [-0.2, 0) is 4.79 Å². The summed E-state index contributed by atoms with van der Waals surface area (Å²) in [6.45, 7) is 0. The first-order valence-electron chi connectivity index (χ1n) is 5.83. The highest BCUT2D eigenvalue weighted by molar-refractivity contribution is 6.09. The van der Waals surface area contributed by atoms with Gasteiger partial charge in [0.1, 0.15) is 23.2 Å². The molecule has 5 heteroatoms. The molecule has 0 aliphatic carbocycles. The fraction of sp³-hybridized carbons (Fsp3) is 0. The summed E-state index contributed by atoms with van der Waals surface area (Å²) in [6.07, 6.45) is 2.86. The van der Waals surface area contributed by atoms with Gasteiger partial charge in [-0.25, -0.2) is 4.98 Å². The first-order chi connectivity index (χ1) is 9.70. The molecule has 0 aliphatic heterocycles. The minimum Gasteiger partial charge on any atom is -0.507 e. The van der Waals surface area contributed by atoms with Crippen molar-refractivity contribution in [1.29, 1.82) is 5.26 Å². The molecule has 0 spiro atoms. The predicted octanol–water partition coefficient (Wildman–Crippen LogP) is 2.33. The second-order valence-electron chi connectivity index (χ2n) is 3.90. The van der Waals surface area contributed by atoms with Crippen LogP contribution in [-0.4, -0.2) is 16.0 Å². The summed E-state index contributed by atoms with van der Waals surface area (Å²) in [4.78, 5) is 15.9. The van der Waals surface area contributed by atoms with E-state index in [1.165, 1.54) is 18.3 Å². The molecule has 0 bridgehead atoms. The van der Waals surface area contributed by atoms with Crippen molar-refractivity contribution in [1.82, 2.24) is 4.98 Å². The highest BCUT2D eigenvalue weighted by atomic mass is 16.3. The number of nitrogens with one attached hydrogen (secondary N) is 1. The second-order valence-corrected chi connectivity index (χ2v) is 3.90. The van der Waals surface area contributed by atoms with Gasteiger partial charge in [-0.1, -0.05) is 24.3 Å². The number of phenolic OH excluding ortho intramolecular Hbond substituents is 1. The number of para-hydroxylation sites is 1. The van der Waals surface area contributed by atoms with Gasteiger partial charge in [-0.3, -0.25) is 4.79 Å². The van der Waals surface area contributed by atoms with Crippen molar-refractivity contribution < 1.29 is 9.90 Å². The number of phenols is 1. The van der Waals surface area contributed by atoms with Crippen molar-refractivity contribution in [2.75, 3.05) is 5.32 Å². The number of nitrogens with zero attached hydrogens (tertiary/aromatic N) is 2. The number of rotatable bonds is 3. The van der Waals surface area contributed by atoms with E-state index in [4.69, 9.17) is 5.26 Å². The average Bonchev–Trinajstić information content (AvgIpc) is 2.47. The molecule has 1 aromatic carbocycles. The average molecular weight is 265 g/mol. The van der Waals surface area contributed by atoms with Crippen LogP contribution in [0.3, 0.4) is 0 Å². The standard InChI is InChI=1S/C15H11N3O2/c16-10-12(9-11-5-1-2-6-13(11)19)15(20)18-14-7-3-4-8-17-14/h1-9,19H,(H,17,18,20)/b12-9+. The Bertz CT molecular complexity index is 688. The number of hydrogen-bond donors (Lipinski definition) is 2. The van der Waals surface area contributed by atoms with E-state index in [0.717, 1.165) is 0 Å². The Hall–Kier alpha value is -3.13. The summed E-state index contributed by atoms with van der Waals surface area (Å²) >= 11 is 0. The van der Waals surface area contributed by atoms with Crippen LogP contribution in [0.25, 0.3) is 6.08 Å². The number of benzene rings is 1. The monoisotopic (exact) mass is 265 g/mol. The molecule has 2 N–H and O–H groups in total. The Morgan fingerprint density at radius 3 is 2.65 bits per heavy atom. The van der Waals surface area contributed by atoms with Crippen molar-refractivity contribution in [2.24, 2.45) is 0 Å². The van der Waals surface area contributed by atoms with Gasteiger partial charge in [0.05, 0.1) is 0 Å². The molecule has 1 heterocycles. The molecule has 0 fully saturated rings. The number of pyridine rings is 1. The van der Waals surface area contributed by atoms with E-state index >= 15 is 0 Å². The first kappa shape index (κ1) is 13.3. The summed E-state index contributed by atoms with van der Waals surface area (Å²) in [5.41, 5.74) is 0.289. The van der Waals surface area contributed by atoms with Gasteiger partial charge in [0.15, 0.2) is 0 Å². The topological polar surface area (TPSA) is 86.0 Å². The van der Waals surface area contributed by atoms with Crippen LogP contribution in [0.4, 0.5) is 5.82 Å². The Morgan fingerprint density at radius 2 is 2.00 bits per heavy atom. The molecule has 0 saturated heterocycles. The summed E-state index contributed by atoms with van der Waals surface area (Å²) < 4.78 is 0. The van der Waals surface area contributed by atoms with Gasteiger partial charge in [-0.15, -0.1) is 0 Å². The van der Waals surface area contributed by atoms with Gasteiger partial charge in [-0.2, -0.15) is 5.26 Å². The van der Waals surface area contributed by atoms with E-state index in [0.29, 0.717) is 11.4 Å². The fourth-order valence-corrected chi connectivity index (χ4v) is 1.53. The largest absolute Gasteiger partial charge is 0.507 e. The van der Waals surface area contributed by atoms with Crippen molar-refractivity contribution in [3.8, 4) is 11.8 Å². The zero-order valence-electron chi connectivity index (χ0n) is 10.4. The van der Waals surface area contributed by atoms with E-state index in [9.17, 15) is 9.90 Å². The molecule has 0 saturated carbocycles. The summed E-state index contributed by atoms with van der Waals surface area (Å²) in [5, 5.41) is 21.2. The molecule has 0 unspecified atom stereocenters. The van der Waals surface area contributed by atoms with E-state index in [1.807, 2.05) is 6.07 Å². The number of carbonyl (C=O) groups excluding carboxylic acids is 1. The van der Waals surface area contributed by atoms with Gasteiger partial charge < -0.3 is 10.4 Å². The maximum absolute atomic E-state index is 11.9. The molecular weight excluding hydrogens is 254 g/mol. The van der Waals surface area contributed by atoms with Crippen LogP contribution in [0.15, 0.2) is 54.2 Å². The summed E-state index contributed by atoms with van der Waals surface area (Å²) in [7, 11) is 0. The smallest absolute Gasteiger partial charge is 0.267 e. The van der Waals surface area contributed by atoms with Crippen molar-refractivity contribution in [2.45, 2.75) is 0 Å². The number of anilines is 1. The van der Waals surface area contributed by atoms with E-state index in [-0.39, 0.29) is 11.3 Å². The van der Waals surface area contributed by atoms with Gasteiger partial charge in [0.2, 0.25) is 0 Å². The van der Waals surface area contributed by atoms with Crippen LogP contribution >= 0.6 is 0 Å². The van der Waals surface area contributed by atoms with Crippen LogP contribution < -0.4 is 5.32 Å². The maximum atomic E-state index is 11.9. The molecule has 0 atom stereocenters. The number of nitriles is 1. The molecule has 20 heavy (non-hydrogen) atoms. The Balaban J connectivity index is 2.23. The van der Waals surface area contributed by atoms with E-state index < -0.39 is 5.91 Å². The summed E-state index contributed by atoms with van der Waals surface area (Å²) in [5.74, 6) is -0.212. The lowest BCUT2D eigenvalue weighted by Crippen LogP contribution is -2.14. The Labute approximate surface area is 115 Å². The van der Waals surface area contributed by atoms with Crippen LogP contribution in [0.2, 0.25) is 0 Å². The third kappa shape index (κ3) is 3.21. The minimum atomic E-state index is -0.575. The minimum absolute atomic E-state index is 0.00545. The molecule has 2 aromatic rings. The molecule has 0 radical (unpaired) electrons. The van der Waals surface area contributed by atoms with Gasteiger partial charge in [-0.05, 0) is 24.3 Å². The molecule has 1 amide bonds. The lowest BCUT2D eigenvalue weighted by atomic mass is 10.1. The summed E-state index contributed by atoms with van der Waals surface area (Å²) in [6, 6.07) is 13.3. The number of aromatic hydroxyl groups is 1. The Kier molecular flexibility index (Phi) is 4.10. The van der Waals surface area contributed by atoms with Crippen LogP contribution in [0, 0.1) is 11.3 Å². The quantitative estimate of drug-likeness (QED) is 0.658.